The fourth-order valence-electron chi connectivity index (χ4n) is 1.98. The molecular weight excluding hydrogens is 232 g/mol. The Morgan fingerprint density at radius 1 is 1.50 bits per heavy atom. The highest BCUT2D eigenvalue weighted by molar-refractivity contribution is 5.85. The van der Waals surface area contributed by atoms with E-state index in [2.05, 4.69) is 5.32 Å². The summed E-state index contributed by atoms with van der Waals surface area (Å²) < 4.78 is 1.65. The Morgan fingerprint density at radius 2 is 2.28 bits per heavy atom. The van der Waals surface area contributed by atoms with Crippen molar-refractivity contribution in [2.75, 3.05) is 13.7 Å². The number of nitrogens with one attached hydrogen (secondary N) is 1. The molecule has 0 radical (unpaired) electrons. The van der Waals surface area contributed by atoms with Crippen molar-refractivity contribution in [3.05, 3.63) is 30.0 Å². The first-order valence-electron chi connectivity index (χ1n) is 5.73. The van der Waals surface area contributed by atoms with Gasteiger partial charge >= 0.3 is 0 Å². The third-order valence-electron chi connectivity index (χ3n) is 2.80. The van der Waals surface area contributed by atoms with Crippen LogP contribution in [-0.2, 0) is 11.2 Å². The highest BCUT2D eigenvalue weighted by atomic mass is 16.6. The van der Waals surface area contributed by atoms with Crippen LogP contribution in [0.2, 0.25) is 0 Å². The quantitative estimate of drug-likeness (QED) is 0.851. The van der Waals surface area contributed by atoms with Gasteiger partial charge in [-0.1, -0.05) is 0 Å². The number of nitrogens with zero attached hydrogens (tertiary/aromatic N) is 1. The van der Waals surface area contributed by atoms with Crippen LogP contribution in [0.15, 0.2) is 24.4 Å². The number of carbonyl (C=O) groups is 1. The van der Waals surface area contributed by atoms with E-state index in [0.717, 1.165) is 16.5 Å². The van der Waals surface area contributed by atoms with E-state index in [1.54, 1.807) is 30.0 Å². The second-order valence-corrected chi connectivity index (χ2v) is 4.10. The zero-order valence-electron chi connectivity index (χ0n) is 10.4. The summed E-state index contributed by atoms with van der Waals surface area (Å²) in [4.78, 5) is 16.1. The van der Waals surface area contributed by atoms with Crippen molar-refractivity contribution in [3.63, 3.8) is 0 Å². The minimum Gasteiger partial charge on any atom is -0.508 e. The number of aromatic hydroxyl groups is 1. The second kappa shape index (κ2) is 5.00. The van der Waals surface area contributed by atoms with E-state index in [9.17, 15) is 9.90 Å². The first-order valence-corrected chi connectivity index (χ1v) is 5.73. The van der Waals surface area contributed by atoms with Crippen molar-refractivity contribution in [1.82, 2.24) is 10.0 Å². The van der Waals surface area contributed by atoms with Gasteiger partial charge in [-0.15, -0.1) is 0 Å². The SMILES string of the molecule is COn1cc(CCNC(C)=O)c2cc(O)ccc21. The summed E-state index contributed by atoms with van der Waals surface area (Å²) in [7, 11) is 1.59. The molecule has 96 valence electrons. The van der Waals surface area contributed by atoms with Gasteiger partial charge in [0.25, 0.3) is 0 Å². The predicted molar refractivity (Wildman–Crippen MR) is 68.5 cm³/mol. The monoisotopic (exact) mass is 248 g/mol. The molecule has 2 rings (SSSR count). The average Bonchev–Trinajstić information content (AvgIpc) is 2.66. The number of aromatic nitrogens is 1. The fourth-order valence-corrected chi connectivity index (χ4v) is 1.98. The van der Waals surface area contributed by atoms with Crippen LogP contribution in [0.1, 0.15) is 12.5 Å². The van der Waals surface area contributed by atoms with E-state index in [1.165, 1.54) is 6.92 Å². The lowest BCUT2D eigenvalue weighted by molar-refractivity contribution is -0.118. The Kier molecular flexibility index (Phi) is 3.41. The molecule has 5 nitrogen and oxygen atoms in total. The molecule has 0 spiro atoms. The van der Waals surface area contributed by atoms with Crippen LogP contribution >= 0.6 is 0 Å². The maximum atomic E-state index is 10.8. The molecule has 2 aromatic rings. The third-order valence-corrected chi connectivity index (χ3v) is 2.80. The lowest BCUT2D eigenvalue weighted by Gasteiger charge is -2.01. The molecule has 1 aromatic heterocycles. The Hall–Kier alpha value is -2.17. The van der Waals surface area contributed by atoms with Crippen LogP contribution in [0.25, 0.3) is 10.9 Å². The van der Waals surface area contributed by atoms with Gasteiger partial charge in [-0.25, -0.2) is 0 Å². The number of carbonyl (C=O) groups excluding carboxylic acids is 1. The van der Waals surface area contributed by atoms with Crippen molar-refractivity contribution in [2.45, 2.75) is 13.3 Å². The summed E-state index contributed by atoms with van der Waals surface area (Å²) >= 11 is 0. The van der Waals surface area contributed by atoms with Gasteiger partial charge in [0.05, 0.1) is 5.52 Å². The van der Waals surface area contributed by atoms with Gasteiger partial charge in [0.1, 0.15) is 12.9 Å². The van der Waals surface area contributed by atoms with Gasteiger partial charge in [0, 0.05) is 25.1 Å². The summed E-state index contributed by atoms with van der Waals surface area (Å²) in [6.45, 7) is 2.05. The summed E-state index contributed by atoms with van der Waals surface area (Å²) in [5.74, 6) is 0.172. The van der Waals surface area contributed by atoms with E-state index in [-0.39, 0.29) is 11.7 Å². The molecule has 0 fully saturated rings. The van der Waals surface area contributed by atoms with E-state index in [1.807, 2.05) is 6.20 Å². The molecule has 1 aromatic carbocycles. The molecule has 0 aliphatic carbocycles. The standard InChI is InChI=1S/C13H16N2O3/c1-9(16)14-6-5-10-8-15(18-2)13-4-3-11(17)7-12(10)13/h3-4,7-8,17H,5-6H2,1-2H3,(H,14,16). The summed E-state index contributed by atoms with van der Waals surface area (Å²) in [6.07, 6.45) is 2.56. The van der Waals surface area contributed by atoms with Gasteiger partial charge in [-0.3, -0.25) is 4.79 Å². The topological polar surface area (TPSA) is 63.5 Å². The Morgan fingerprint density at radius 3 is 2.94 bits per heavy atom. The molecule has 0 aliphatic heterocycles. The van der Waals surface area contributed by atoms with Gasteiger partial charge in [0.15, 0.2) is 0 Å². The maximum absolute atomic E-state index is 10.8. The van der Waals surface area contributed by atoms with Crippen LogP contribution < -0.4 is 10.2 Å². The predicted octanol–water partition coefficient (Wildman–Crippen LogP) is 1.08. The molecule has 0 bridgehead atoms. The zero-order valence-corrected chi connectivity index (χ0v) is 10.4. The van der Waals surface area contributed by atoms with Crippen LogP contribution in [0.4, 0.5) is 0 Å². The van der Waals surface area contributed by atoms with Gasteiger partial charge in [0.2, 0.25) is 5.91 Å². The molecule has 0 aliphatic rings. The third kappa shape index (κ3) is 2.40. The number of benzene rings is 1. The van der Waals surface area contributed by atoms with Crippen LogP contribution in [-0.4, -0.2) is 29.4 Å². The number of rotatable bonds is 4. The first-order chi connectivity index (χ1) is 8.61. The maximum Gasteiger partial charge on any atom is 0.216 e. The lowest BCUT2D eigenvalue weighted by atomic mass is 10.1. The van der Waals surface area contributed by atoms with Gasteiger partial charge < -0.3 is 15.3 Å². The number of hydrogen-bond acceptors (Lipinski definition) is 3. The molecule has 0 saturated heterocycles. The smallest absolute Gasteiger partial charge is 0.216 e. The van der Waals surface area contributed by atoms with E-state index >= 15 is 0 Å². The van der Waals surface area contributed by atoms with Gasteiger partial charge in [-0.2, -0.15) is 4.73 Å². The molecular formula is C13H16N2O3. The molecule has 1 heterocycles. The molecule has 5 heteroatoms. The number of phenols is 1. The highest BCUT2D eigenvalue weighted by Crippen LogP contribution is 2.25. The Balaban J connectivity index is 2.31. The van der Waals surface area contributed by atoms with Crippen LogP contribution in [0, 0.1) is 0 Å². The number of amides is 1. The molecule has 2 N–H and O–H groups in total. The fraction of sp³-hybridized carbons (Fsp3) is 0.308. The number of fused-ring (bicyclic) bond motifs is 1. The number of phenolic OH excluding ortho intramolecular Hbond substituents is 1. The highest BCUT2D eigenvalue weighted by Gasteiger charge is 2.09. The number of hydrogen-bond donors (Lipinski definition) is 2. The minimum atomic E-state index is -0.0478. The Labute approximate surface area is 105 Å². The Bertz CT molecular complexity index is 575. The van der Waals surface area contributed by atoms with Crippen LogP contribution in [0.5, 0.6) is 5.75 Å². The first kappa shape index (κ1) is 12.3. The molecule has 18 heavy (non-hydrogen) atoms. The zero-order chi connectivity index (χ0) is 13.1. The van der Waals surface area contributed by atoms with Crippen molar-refractivity contribution >= 4 is 16.8 Å². The van der Waals surface area contributed by atoms with Crippen molar-refractivity contribution in [2.24, 2.45) is 0 Å². The normalized spacial score (nSPS) is 10.6. The lowest BCUT2D eigenvalue weighted by Crippen LogP contribution is -2.22. The summed E-state index contributed by atoms with van der Waals surface area (Å²) in [6, 6.07) is 5.12. The summed E-state index contributed by atoms with van der Waals surface area (Å²) in [5.41, 5.74) is 1.92. The van der Waals surface area contributed by atoms with Crippen molar-refractivity contribution < 1.29 is 14.7 Å². The van der Waals surface area contributed by atoms with E-state index in [0.29, 0.717) is 13.0 Å². The van der Waals surface area contributed by atoms with Crippen molar-refractivity contribution in [1.29, 1.82) is 0 Å². The van der Waals surface area contributed by atoms with Crippen LogP contribution in [0.3, 0.4) is 0 Å². The van der Waals surface area contributed by atoms with E-state index in [4.69, 9.17) is 4.84 Å². The molecule has 0 unspecified atom stereocenters. The summed E-state index contributed by atoms with van der Waals surface area (Å²) in [5, 5.41) is 13.2. The second-order valence-electron chi connectivity index (χ2n) is 4.10. The minimum absolute atomic E-state index is 0.0478. The molecule has 0 saturated carbocycles. The largest absolute Gasteiger partial charge is 0.508 e. The average molecular weight is 248 g/mol. The molecule has 1 amide bonds. The van der Waals surface area contributed by atoms with E-state index < -0.39 is 0 Å². The molecule has 0 atom stereocenters. The van der Waals surface area contributed by atoms with Gasteiger partial charge in [-0.05, 0) is 30.2 Å². The van der Waals surface area contributed by atoms with Crippen molar-refractivity contribution in [3.8, 4) is 5.75 Å².